The summed E-state index contributed by atoms with van der Waals surface area (Å²) in [4.78, 5) is 39.7. The highest BCUT2D eigenvalue weighted by Crippen LogP contribution is 2.27. The fourth-order valence-corrected chi connectivity index (χ4v) is 5.58. The van der Waals surface area contributed by atoms with Gasteiger partial charge in [0.2, 0.25) is 0 Å². The van der Waals surface area contributed by atoms with E-state index in [1.54, 1.807) is 6.07 Å². The number of fused-ring (bicyclic) bond motifs is 1. The van der Waals surface area contributed by atoms with E-state index in [0.29, 0.717) is 25.2 Å². The molecule has 7 nitrogen and oxygen atoms in total. The van der Waals surface area contributed by atoms with Crippen LogP contribution in [0.2, 0.25) is 10.0 Å². The Kier molecular flexibility index (Phi) is 7.96. The first-order valence-electron chi connectivity index (χ1n) is 12.8. The molecule has 1 aromatic heterocycles. The lowest BCUT2D eigenvalue weighted by Gasteiger charge is -2.27. The van der Waals surface area contributed by atoms with Gasteiger partial charge in [0.15, 0.2) is 0 Å². The standard InChI is InChI=1S/C31H27Cl2N3O4/c1-35-26-8-3-2-5-22(26)18-27(35)30(38)36-15-13-21(14-16-36)20-11-9-19(10-12-20)17-25(31(39)40)34-29(37)28-23(32)6-4-7-24(28)33/h2-13,18,25H,14-17H2,1H3,(H,34,37)(H,39,40)/t25-/m0/s1. The predicted octanol–water partition coefficient (Wildman–Crippen LogP) is 5.84. The van der Waals surface area contributed by atoms with E-state index in [1.807, 2.05) is 71.1 Å². The number of amides is 2. The summed E-state index contributed by atoms with van der Waals surface area (Å²) in [5.41, 5.74) is 4.63. The van der Waals surface area contributed by atoms with Crippen LogP contribution in [0.15, 0.2) is 78.9 Å². The van der Waals surface area contributed by atoms with Gasteiger partial charge in [0.25, 0.3) is 11.8 Å². The Morgan fingerprint density at radius 1 is 0.975 bits per heavy atom. The molecule has 4 aromatic rings. The van der Waals surface area contributed by atoms with Crippen molar-refractivity contribution in [3.05, 3.63) is 111 Å². The van der Waals surface area contributed by atoms with Crippen molar-refractivity contribution in [3.8, 4) is 0 Å². The van der Waals surface area contributed by atoms with Crippen molar-refractivity contribution in [2.45, 2.75) is 18.9 Å². The number of halogens is 2. The minimum Gasteiger partial charge on any atom is -0.480 e. The minimum atomic E-state index is -1.16. The average molecular weight is 576 g/mol. The maximum Gasteiger partial charge on any atom is 0.326 e. The Morgan fingerprint density at radius 2 is 1.68 bits per heavy atom. The molecule has 204 valence electrons. The maximum atomic E-state index is 13.2. The van der Waals surface area contributed by atoms with Crippen molar-refractivity contribution in [3.63, 3.8) is 0 Å². The van der Waals surface area contributed by atoms with Crippen molar-refractivity contribution >= 4 is 57.5 Å². The van der Waals surface area contributed by atoms with Gasteiger partial charge in [-0.05, 0) is 47.4 Å². The number of nitrogens with zero attached hydrogens (tertiary/aromatic N) is 2. The van der Waals surface area contributed by atoms with Crippen LogP contribution in [0.25, 0.3) is 16.5 Å². The third kappa shape index (κ3) is 5.62. The number of aromatic nitrogens is 1. The van der Waals surface area contributed by atoms with Crippen molar-refractivity contribution in [2.24, 2.45) is 7.05 Å². The second kappa shape index (κ2) is 11.6. The number of hydrogen-bond acceptors (Lipinski definition) is 3. The van der Waals surface area contributed by atoms with Crippen molar-refractivity contribution < 1.29 is 19.5 Å². The normalized spacial score (nSPS) is 14.1. The molecule has 5 rings (SSSR count). The Bertz CT molecular complexity index is 1620. The van der Waals surface area contributed by atoms with Crippen LogP contribution in [0.1, 0.15) is 38.4 Å². The van der Waals surface area contributed by atoms with Gasteiger partial charge in [0.1, 0.15) is 11.7 Å². The number of carboxylic acids is 1. The van der Waals surface area contributed by atoms with Gasteiger partial charge in [-0.2, -0.15) is 0 Å². The molecule has 0 bridgehead atoms. The van der Waals surface area contributed by atoms with Gasteiger partial charge in [0, 0.05) is 37.5 Å². The molecule has 0 radical (unpaired) electrons. The highest BCUT2D eigenvalue weighted by Gasteiger charge is 2.25. The van der Waals surface area contributed by atoms with Gasteiger partial charge in [-0.15, -0.1) is 0 Å². The van der Waals surface area contributed by atoms with E-state index < -0.39 is 17.9 Å². The van der Waals surface area contributed by atoms with E-state index in [-0.39, 0.29) is 27.9 Å². The summed E-state index contributed by atoms with van der Waals surface area (Å²) in [5, 5.41) is 13.6. The lowest BCUT2D eigenvalue weighted by Crippen LogP contribution is -2.42. The molecule has 3 aromatic carbocycles. The van der Waals surface area contributed by atoms with Crippen molar-refractivity contribution in [2.75, 3.05) is 13.1 Å². The largest absolute Gasteiger partial charge is 0.480 e. The average Bonchev–Trinajstić information content (AvgIpc) is 3.29. The number of carbonyl (C=O) groups is 3. The number of carbonyl (C=O) groups excluding carboxylic acids is 2. The van der Waals surface area contributed by atoms with Crippen LogP contribution in [-0.4, -0.2) is 51.5 Å². The highest BCUT2D eigenvalue weighted by molar-refractivity contribution is 6.39. The summed E-state index contributed by atoms with van der Waals surface area (Å²) in [6.07, 6.45) is 2.86. The lowest BCUT2D eigenvalue weighted by molar-refractivity contribution is -0.139. The molecule has 1 atom stereocenters. The molecule has 0 saturated carbocycles. The van der Waals surface area contributed by atoms with Gasteiger partial charge in [-0.3, -0.25) is 9.59 Å². The van der Waals surface area contributed by atoms with Gasteiger partial charge in [0.05, 0.1) is 15.6 Å². The quantitative estimate of drug-likeness (QED) is 0.289. The lowest BCUT2D eigenvalue weighted by atomic mass is 9.96. The Morgan fingerprint density at radius 3 is 2.30 bits per heavy atom. The zero-order valence-corrected chi connectivity index (χ0v) is 23.2. The summed E-state index contributed by atoms with van der Waals surface area (Å²) in [5.74, 6) is -1.80. The van der Waals surface area contributed by atoms with E-state index in [2.05, 4.69) is 11.4 Å². The summed E-state index contributed by atoms with van der Waals surface area (Å²) < 4.78 is 1.94. The summed E-state index contributed by atoms with van der Waals surface area (Å²) >= 11 is 12.2. The third-order valence-electron chi connectivity index (χ3n) is 7.22. The zero-order chi connectivity index (χ0) is 28.4. The second-order valence-corrected chi connectivity index (χ2v) is 10.6. The summed E-state index contributed by atoms with van der Waals surface area (Å²) in [6, 6.07) is 21.0. The fraction of sp³-hybridized carbons (Fsp3) is 0.194. The van der Waals surface area contributed by atoms with Gasteiger partial charge in [-0.25, -0.2) is 4.79 Å². The number of aliphatic carboxylic acids is 1. The van der Waals surface area contributed by atoms with Gasteiger partial charge >= 0.3 is 5.97 Å². The first-order chi connectivity index (χ1) is 19.2. The molecule has 2 heterocycles. The number of nitrogens with one attached hydrogen (secondary N) is 1. The molecule has 0 spiro atoms. The molecular formula is C31H27Cl2N3O4. The Balaban J connectivity index is 1.23. The van der Waals surface area contributed by atoms with E-state index in [1.165, 1.54) is 12.1 Å². The Labute approximate surface area is 241 Å². The van der Waals surface area contributed by atoms with Gasteiger partial charge in [-0.1, -0.05) is 77.8 Å². The smallest absolute Gasteiger partial charge is 0.326 e. The first kappa shape index (κ1) is 27.5. The zero-order valence-electron chi connectivity index (χ0n) is 21.7. The van der Waals surface area contributed by atoms with Crippen LogP contribution in [0.3, 0.4) is 0 Å². The van der Waals surface area contributed by atoms with Gasteiger partial charge < -0.3 is 19.9 Å². The van der Waals surface area contributed by atoms with Crippen molar-refractivity contribution in [1.82, 2.24) is 14.8 Å². The first-order valence-corrected chi connectivity index (χ1v) is 13.6. The maximum absolute atomic E-state index is 13.2. The van der Waals surface area contributed by atoms with Crippen LogP contribution in [0, 0.1) is 0 Å². The SMILES string of the molecule is Cn1c(C(=O)N2CC=C(c3ccc(C[C@H](NC(=O)c4c(Cl)cccc4Cl)C(=O)O)cc3)CC2)cc2ccccc21. The van der Waals surface area contributed by atoms with E-state index >= 15 is 0 Å². The molecule has 0 aliphatic carbocycles. The molecule has 9 heteroatoms. The molecule has 40 heavy (non-hydrogen) atoms. The predicted molar refractivity (Wildman–Crippen MR) is 157 cm³/mol. The number of carboxylic acid groups (broad SMARTS) is 1. The number of para-hydroxylation sites is 1. The minimum absolute atomic E-state index is 0.00388. The molecule has 0 saturated heterocycles. The van der Waals surface area contributed by atoms with E-state index in [0.717, 1.165) is 27.6 Å². The summed E-state index contributed by atoms with van der Waals surface area (Å²) in [7, 11) is 1.91. The Hall–Kier alpha value is -4.07. The summed E-state index contributed by atoms with van der Waals surface area (Å²) in [6.45, 7) is 1.11. The van der Waals surface area contributed by atoms with E-state index in [9.17, 15) is 19.5 Å². The monoisotopic (exact) mass is 575 g/mol. The molecule has 1 aliphatic heterocycles. The number of rotatable bonds is 7. The molecule has 2 amide bonds. The number of hydrogen-bond donors (Lipinski definition) is 2. The van der Waals surface area contributed by atoms with Crippen LogP contribution in [0.5, 0.6) is 0 Å². The molecule has 1 aliphatic rings. The number of benzene rings is 3. The fourth-order valence-electron chi connectivity index (χ4n) is 5.01. The van der Waals surface area contributed by atoms with Crippen LogP contribution in [0.4, 0.5) is 0 Å². The molecular weight excluding hydrogens is 549 g/mol. The molecule has 0 fully saturated rings. The second-order valence-electron chi connectivity index (χ2n) is 9.74. The topological polar surface area (TPSA) is 91.6 Å². The number of aryl methyl sites for hydroxylation is 1. The van der Waals surface area contributed by atoms with E-state index in [4.69, 9.17) is 23.2 Å². The molecule has 2 N–H and O–H groups in total. The third-order valence-corrected chi connectivity index (χ3v) is 7.85. The molecule has 0 unspecified atom stereocenters. The van der Waals surface area contributed by atoms with Crippen LogP contribution < -0.4 is 5.32 Å². The van der Waals surface area contributed by atoms with Crippen LogP contribution in [-0.2, 0) is 18.3 Å². The van der Waals surface area contributed by atoms with Crippen LogP contribution >= 0.6 is 23.2 Å². The van der Waals surface area contributed by atoms with Crippen molar-refractivity contribution in [1.29, 1.82) is 0 Å². The highest BCUT2D eigenvalue weighted by atomic mass is 35.5.